The Labute approximate surface area is 144 Å². The van der Waals surface area contributed by atoms with Gasteiger partial charge in [-0.25, -0.2) is 0 Å². The summed E-state index contributed by atoms with van der Waals surface area (Å²) in [6, 6.07) is 5.85. The summed E-state index contributed by atoms with van der Waals surface area (Å²) in [7, 11) is 3.25. The Balaban J connectivity index is 1.68. The number of ether oxygens (including phenoxy) is 2. The lowest BCUT2D eigenvalue weighted by Crippen LogP contribution is -2.45. The molecule has 1 saturated heterocycles. The molecular formula is C16H20N4O3S. The fraction of sp³-hybridized carbons (Fsp3) is 0.438. The number of amides is 1. The smallest absolute Gasteiger partial charge is 0.275 e. The van der Waals surface area contributed by atoms with E-state index in [1.54, 1.807) is 14.2 Å². The standard InChI is InChI=1S/C16H20N4O3S/c1-22-13-6-12(7-14(8-13)23-2)18-11-4-3-5-20(10-11)16(21)15-9-17-24-19-15/h6-9,11,18H,3-5,10H2,1-2H3/t11-/m1/s1. The van der Waals surface area contributed by atoms with Gasteiger partial charge in [0.05, 0.1) is 32.1 Å². The molecule has 7 nitrogen and oxygen atoms in total. The van der Waals surface area contributed by atoms with Gasteiger partial charge < -0.3 is 19.7 Å². The Bertz CT molecular complexity index is 670. The Morgan fingerprint density at radius 3 is 2.67 bits per heavy atom. The maximum atomic E-state index is 12.4. The lowest BCUT2D eigenvalue weighted by molar-refractivity contribution is 0.0710. The molecule has 24 heavy (non-hydrogen) atoms. The summed E-state index contributed by atoms with van der Waals surface area (Å²) in [4.78, 5) is 14.3. The summed E-state index contributed by atoms with van der Waals surface area (Å²) in [6.45, 7) is 1.38. The Morgan fingerprint density at radius 2 is 2.04 bits per heavy atom. The third-order valence-electron chi connectivity index (χ3n) is 4.01. The number of nitrogens with one attached hydrogen (secondary N) is 1. The maximum absolute atomic E-state index is 12.4. The molecule has 3 rings (SSSR count). The molecule has 0 saturated carbocycles. The Hall–Kier alpha value is -2.35. The van der Waals surface area contributed by atoms with Crippen molar-refractivity contribution in [3.63, 3.8) is 0 Å². The normalized spacial score (nSPS) is 17.4. The highest BCUT2D eigenvalue weighted by Crippen LogP contribution is 2.27. The minimum Gasteiger partial charge on any atom is -0.497 e. The molecule has 1 amide bonds. The molecule has 0 radical (unpaired) electrons. The molecule has 1 aliphatic heterocycles. The quantitative estimate of drug-likeness (QED) is 0.893. The van der Waals surface area contributed by atoms with Gasteiger partial charge >= 0.3 is 0 Å². The van der Waals surface area contributed by atoms with E-state index in [9.17, 15) is 4.79 Å². The van der Waals surface area contributed by atoms with Gasteiger partial charge in [0, 0.05) is 43.0 Å². The zero-order chi connectivity index (χ0) is 16.9. The van der Waals surface area contributed by atoms with Crippen LogP contribution in [0.15, 0.2) is 24.4 Å². The number of piperidine rings is 1. The van der Waals surface area contributed by atoms with Gasteiger partial charge in [-0.15, -0.1) is 0 Å². The second kappa shape index (κ2) is 7.48. The van der Waals surface area contributed by atoms with Crippen LogP contribution >= 0.6 is 11.7 Å². The fourth-order valence-electron chi connectivity index (χ4n) is 2.83. The van der Waals surface area contributed by atoms with Gasteiger partial charge in [-0.3, -0.25) is 4.79 Å². The third kappa shape index (κ3) is 3.76. The van der Waals surface area contributed by atoms with E-state index >= 15 is 0 Å². The maximum Gasteiger partial charge on any atom is 0.275 e. The zero-order valence-electron chi connectivity index (χ0n) is 13.7. The van der Waals surface area contributed by atoms with Crippen LogP contribution in [-0.4, -0.2) is 52.9 Å². The number of carbonyl (C=O) groups excluding carboxylic acids is 1. The minimum absolute atomic E-state index is 0.0570. The average molecular weight is 348 g/mol. The van der Waals surface area contributed by atoms with Gasteiger partial charge in [-0.1, -0.05) is 0 Å². The average Bonchev–Trinajstić information content (AvgIpc) is 3.15. The molecule has 1 fully saturated rings. The zero-order valence-corrected chi connectivity index (χ0v) is 14.5. The highest BCUT2D eigenvalue weighted by atomic mass is 32.1. The van der Waals surface area contributed by atoms with Gasteiger partial charge in [0.1, 0.15) is 11.5 Å². The summed E-state index contributed by atoms with van der Waals surface area (Å²) in [5.41, 5.74) is 1.34. The van der Waals surface area contributed by atoms with E-state index in [1.807, 2.05) is 23.1 Å². The van der Waals surface area contributed by atoms with Gasteiger partial charge in [0.15, 0.2) is 5.69 Å². The molecule has 8 heteroatoms. The Morgan fingerprint density at radius 1 is 1.29 bits per heavy atom. The monoisotopic (exact) mass is 348 g/mol. The molecule has 1 aliphatic rings. The van der Waals surface area contributed by atoms with Crippen LogP contribution in [0.1, 0.15) is 23.3 Å². The van der Waals surface area contributed by atoms with Crippen LogP contribution in [0, 0.1) is 0 Å². The number of rotatable bonds is 5. The number of nitrogens with zero attached hydrogens (tertiary/aromatic N) is 3. The molecule has 1 atom stereocenters. The van der Waals surface area contributed by atoms with Gasteiger partial charge in [-0.2, -0.15) is 8.75 Å². The number of likely N-dealkylation sites (tertiary alicyclic amines) is 1. The summed E-state index contributed by atoms with van der Waals surface area (Å²) >= 11 is 1.05. The van der Waals surface area contributed by atoms with Crippen molar-refractivity contribution in [2.24, 2.45) is 0 Å². The van der Waals surface area contributed by atoms with Crippen molar-refractivity contribution in [3.05, 3.63) is 30.1 Å². The van der Waals surface area contributed by atoms with Crippen LogP contribution in [0.4, 0.5) is 5.69 Å². The van der Waals surface area contributed by atoms with Crippen molar-refractivity contribution < 1.29 is 14.3 Å². The third-order valence-corrected chi connectivity index (χ3v) is 4.49. The number of hydrogen-bond donors (Lipinski definition) is 1. The summed E-state index contributed by atoms with van der Waals surface area (Å²) in [6.07, 6.45) is 3.47. The van der Waals surface area contributed by atoms with Crippen molar-refractivity contribution in [2.45, 2.75) is 18.9 Å². The molecule has 2 heterocycles. The van der Waals surface area contributed by atoms with Crippen LogP contribution in [0.5, 0.6) is 11.5 Å². The van der Waals surface area contributed by atoms with Gasteiger partial charge in [0.2, 0.25) is 0 Å². The fourth-order valence-corrected chi connectivity index (χ4v) is 3.23. The number of benzene rings is 1. The van der Waals surface area contributed by atoms with E-state index in [2.05, 4.69) is 14.1 Å². The second-order valence-electron chi connectivity index (χ2n) is 5.63. The summed E-state index contributed by atoms with van der Waals surface area (Å²) < 4.78 is 18.5. The largest absolute Gasteiger partial charge is 0.497 e. The molecule has 1 aromatic heterocycles. The number of anilines is 1. The molecule has 0 aliphatic carbocycles. The number of aromatic nitrogens is 2. The summed E-state index contributed by atoms with van der Waals surface area (Å²) in [5.74, 6) is 1.40. The van der Waals surface area contributed by atoms with E-state index < -0.39 is 0 Å². The van der Waals surface area contributed by atoms with Crippen LogP contribution in [0.3, 0.4) is 0 Å². The SMILES string of the molecule is COc1cc(N[C@@H]2CCCN(C(=O)c3cnsn3)C2)cc(OC)c1. The number of carbonyl (C=O) groups is 1. The first-order chi connectivity index (χ1) is 11.7. The first-order valence-electron chi connectivity index (χ1n) is 7.76. The van der Waals surface area contributed by atoms with E-state index in [0.29, 0.717) is 12.2 Å². The topological polar surface area (TPSA) is 76.6 Å². The first-order valence-corrected chi connectivity index (χ1v) is 8.49. The Kier molecular flexibility index (Phi) is 5.14. The van der Waals surface area contributed by atoms with Crippen LogP contribution in [0.25, 0.3) is 0 Å². The predicted octanol–water partition coefficient (Wildman–Crippen LogP) is 2.27. The number of methoxy groups -OCH3 is 2. The highest BCUT2D eigenvalue weighted by molar-refractivity contribution is 6.99. The van der Waals surface area contributed by atoms with Crippen molar-refractivity contribution in [2.75, 3.05) is 32.6 Å². The van der Waals surface area contributed by atoms with Crippen molar-refractivity contribution in [1.82, 2.24) is 13.6 Å². The van der Waals surface area contributed by atoms with E-state index in [4.69, 9.17) is 9.47 Å². The molecular weight excluding hydrogens is 328 g/mol. The van der Waals surface area contributed by atoms with E-state index in [1.165, 1.54) is 6.20 Å². The highest BCUT2D eigenvalue weighted by Gasteiger charge is 2.25. The van der Waals surface area contributed by atoms with Crippen molar-refractivity contribution >= 4 is 23.3 Å². The van der Waals surface area contributed by atoms with Gasteiger partial charge in [-0.05, 0) is 12.8 Å². The minimum atomic E-state index is -0.0570. The molecule has 0 bridgehead atoms. The lowest BCUT2D eigenvalue weighted by Gasteiger charge is -2.33. The summed E-state index contributed by atoms with van der Waals surface area (Å²) in [5, 5.41) is 3.47. The molecule has 1 aromatic carbocycles. The van der Waals surface area contributed by atoms with Crippen LogP contribution < -0.4 is 14.8 Å². The lowest BCUT2D eigenvalue weighted by atomic mass is 10.0. The molecule has 0 spiro atoms. The van der Waals surface area contributed by atoms with E-state index in [-0.39, 0.29) is 11.9 Å². The molecule has 2 aromatic rings. The predicted molar refractivity (Wildman–Crippen MR) is 92.0 cm³/mol. The van der Waals surface area contributed by atoms with Crippen LogP contribution in [-0.2, 0) is 0 Å². The molecule has 0 unspecified atom stereocenters. The van der Waals surface area contributed by atoms with Gasteiger partial charge in [0.25, 0.3) is 5.91 Å². The van der Waals surface area contributed by atoms with Crippen LogP contribution in [0.2, 0.25) is 0 Å². The van der Waals surface area contributed by atoms with Crippen molar-refractivity contribution in [3.8, 4) is 11.5 Å². The van der Waals surface area contributed by atoms with E-state index in [0.717, 1.165) is 48.3 Å². The second-order valence-corrected chi connectivity index (χ2v) is 6.19. The number of hydrogen-bond acceptors (Lipinski definition) is 7. The molecule has 1 N–H and O–H groups in total. The first kappa shape index (κ1) is 16.5. The van der Waals surface area contributed by atoms with Crippen molar-refractivity contribution in [1.29, 1.82) is 0 Å². The molecule has 128 valence electrons.